The Kier molecular flexibility index (Phi) is 3.29. The fourth-order valence-corrected chi connectivity index (χ4v) is 1.18. The van der Waals surface area contributed by atoms with Crippen molar-refractivity contribution >= 4 is 0 Å². The van der Waals surface area contributed by atoms with Gasteiger partial charge in [0.1, 0.15) is 0 Å². The zero-order valence-corrected chi connectivity index (χ0v) is 8.18. The van der Waals surface area contributed by atoms with Crippen LogP contribution in [-0.4, -0.2) is 31.3 Å². The van der Waals surface area contributed by atoms with Gasteiger partial charge in [0.15, 0.2) is 0 Å². The summed E-state index contributed by atoms with van der Waals surface area (Å²) in [6, 6.07) is 0. The molecule has 0 aromatic carbocycles. The maximum Gasteiger partial charge on any atom is 0.0991 e. The summed E-state index contributed by atoms with van der Waals surface area (Å²) in [5.41, 5.74) is 0.266. The summed E-state index contributed by atoms with van der Waals surface area (Å²) in [4.78, 5) is 2.34. The first-order valence-electron chi connectivity index (χ1n) is 4.58. The van der Waals surface area contributed by atoms with E-state index in [2.05, 4.69) is 25.3 Å². The normalized spacial score (nSPS) is 19.8. The average Bonchev–Trinajstić information content (AvgIpc) is 2.53. The molecule has 1 rings (SSSR count). The zero-order valence-electron chi connectivity index (χ0n) is 8.18. The SMILES string of the molecule is C=CC(C)(C)CCN1CCOC1. The molecule has 12 heavy (non-hydrogen) atoms. The number of hydrogen-bond acceptors (Lipinski definition) is 2. The van der Waals surface area contributed by atoms with Crippen molar-refractivity contribution < 1.29 is 4.74 Å². The monoisotopic (exact) mass is 169 g/mol. The van der Waals surface area contributed by atoms with E-state index in [0.29, 0.717) is 0 Å². The van der Waals surface area contributed by atoms with Crippen molar-refractivity contribution in [1.82, 2.24) is 4.90 Å². The van der Waals surface area contributed by atoms with Gasteiger partial charge in [-0.2, -0.15) is 0 Å². The van der Waals surface area contributed by atoms with Crippen LogP contribution in [0, 0.1) is 5.41 Å². The second kappa shape index (κ2) is 4.06. The number of rotatable bonds is 4. The maximum absolute atomic E-state index is 5.26. The van der Waals surface area contributed by atoms with Crippen LogP contribution in [0.1, 0.15) is 20.3 Å². The number of allylic oxidation sites excluding steroid dienone is 1. The smallest absolute Gasteiger partial charge is 0.0991 e. The van der Waals surface area contributed by atoms with Gasteiger partial charge in [-0.05, 0) is 11.8 Å². The van der Waals surface area contributed by atoms with Gasteiger partial charge in [0.05, 0.1) is 13.3 Å². The van der Waals surface area contributed by atoms with Gasteiger partial charge >= 0.3 is 0 Å². The van der Waals surface area contributed by atoms with Crippen molar-refractivity contribution in [2.75, 3.05) is 26.4 Å². The molecule has 0 radical (unpaired) electrons. The summed E-state index contributed by atoms with van der Waals surface area (Å²) in [6.07, 6.45) is 3.20. The first kappa shape index (κ1) is 9.75. The summed E-state index contributed by atoms with van der Waals surface area (Å²) >= 11 is 0. The van der Waals surface area contributed by atoms with Crippen LogP contribution in [0.2, 0.25) is 0 Å². The van der Waals surface area contributed by atoms with Gasteiger partial charge in [0.25, 0.3) is 0 Å². The lowest BCUT2D eigenvalue weighted by molar-refractivity contribution is 0.134. The minimum atomic E-state index is 0.266. The van der Waals surface area contributed by atoms with Crippen LogP contribution in [0.4, 0.5) is 0 Å². The number of ether oxygens (including phenoxy) is 1. The molecule has 2 heteroatoms. The fourth-order valence-electron chi connectivity index (χ4n) is 1.18. The molecule has 1 heterocycles. The fraction of sp³-hybridized carbons (Fsp3) is 0.800. The molecule has 0 atom stereocenters. The molecular formula is C10H19NO. The van der Waals surface area contributed by atoms with E-state index in [9.17, 15) is 0 Å². The average molecular weight is 169 g/mol. The molecular weight excluding hydrogens is 150 g/mol. The van der Waals surface area contributed by atoms with Crippen LogP contribution in [-0.2, 0) is 4.74 Å². The lowest BCUT2D eigenvalue weighted by atomic mass is 9.89. The molecule has 0 amide bonds. The van der Waals surface area contributed by atoms with Crippen molar-refractivity contribution in [2.24, 2.45) is 5.41 Å². The minimum Gasteiger partial charge on any atom is -0.365 e. The first-order valence-corrected chi connectivity index (χ1v) is 4.58. The summed E-state index contributed by atoms with van der Waals surface area (Å²) in [6.45, 7) is 12.2. The second-order valence-corrected chi connectivity index (χ2v) is 4.10. The highest BCUT2D eigenvalue weighted by atomic mass is 16.5. The Balaban J connectivity index is 2.19. The highest BCUT2D eigenvalue weighted by Gasteiger charge is 2.17. The van der Waals surface area contributed by atoms with Crippen LogP contribution in [0.15, 0.2) is 12.7 Å². The first-order chi connectivity index (χ1) is 5.64. The second-order valence-electron chi connectivity index (χ2n) is 4.10. The molecule has 2 nitrogen and oxygen atoms in total. The van der Waals surface area contributed by atoms with Gasteiger partial charge in [-0.15, -0.1) is 6.58 Å². The van der Waals surface area contributed by atoms with Gasteiger partial charge in [-0.3, -0.25) is 4.90 Å². The topological polar surface area (TPSA) is 12.5 Å². The molecule has 0 spiro atoms. The van der Waals surface area contributed by atoms with Crippen molar-refractivity contribution in [3.8, 4) is 0 Å². The van der Waals surface area contributed by atoms with E-state index >= 15 is 0 Å². The molecule has 0 unspecified atom stereocenters. The van der Waals surface area contributed by atoms with Crippen molar-refractivity contribution in [3.63, 3.8) is 0 Å². The van der Waals surface area contributed by atoms with Gasteiger partial charge < -0.3 is 4.74 Å². The largest absolute Gasteiger partial charge is 0.365 e. The summed E-state index contributed by atoms with van der Waals surface area (Å²) in [7, 11) is 0. The van der Waals surface area contributed by atoms with E-state index in [-0.39, 0.29) is 5.41 Å². The molecule has 70 valence electrons. The third-order valence-electron chi connectivity index (χ3n) is 2.45. The molecule has 0 bridgehead atoms. The Morgan fingerprint density at radius 3 is 2.83 bits per heavy atom. The molecule has 1 aliphatic heterocycles. The van der Waals surface area contributed by atoms with Crippen LogP contribution < -0.4 is 0 Å². The Morgan fingerprint density at radius 1 is 1.58 bits per heavy atom. The molecule has 1 saturated heterocycles. The highest BCUT2D eigenvalue weighted by molar-refractivity contribution is 4.88. The predicted octanol–water partition coefficient (Wildman–Crippen LogP) is 1.88. The lowest BCUT2D eigenvalue weighted by Gasteiger charge is -2.22. The van der Waals surface area contributed by atoms with Gasteiger partial charge in [0.2, 0.25) is 0 Å². The zero-order chi connectivity index (χ0) is 9.03. The minimum absolute atomic E-state index is 0.266. The van der Waals surface area contributed by atoms with Crippen molar-refractivity contribution in [3.05, 3.63) is 12.7 Å². The Bertz CT molecular complexity index is 148. The van der Waals surface area contributed by atoms with Crippen LogP contribution in [0.5, 0.6) is 0 Å². The van der Waals surface area contributed by atoms with E-state index in [0.717, 1.165) is 26.4 Å². The molecule has 0 aromatic rings. The van der Waals surface area contributed by atoms with E-state index in [1.54, 1.807) is 0 Å². The third kappa shape index (κ3) is 2.95. The van der Waals surface area contributed by atoms with E-state index < -0.39 is 0 Å². The molecule has 0 aliphatic carbocycles. The molecule has 0 N–H and O–H groups in total. The molecule has 0 aromatic heterocycles. The van der Waals surface area contributed by atoms with Crippen molar-refractivity contribution in [1.29, 1.82) is 0 Å². The van der Waals surface area contributed by atoms with Crippen molar-refractivity contribution in [2.45, 2.75) is 20.3 Å². The molecule has 1 aliphatic rings. The highest BCUT2D eigenvalue weighted by Crippen LogP contribution is 2.21. The Hall–Kier alpha value is -0.340. The van der Waals surface area contributed by atoms with E-state index in [1.807, 2.05) is 6.08 Å². The number of nitrogens with zero attached hydrogens (tertiary/aromatic N) is 1. The third-order valence-corrected chi connectivity index (χ3v) is 2.45. The summed E-state index contributed by atoms with van der Waals surface area (Å²) in [5.74, 6) is 0. The van der Waals surface area contributed by atoms with Gasteiger partial charge in [-0.25, -0.2) is 0 Å². The molecule has 0 saturated carbocycles. The number of hydrogen-bond donors (Lipinski definition) is 0. The Morgan fingerprint density at radius 2 is 2.33 bits per heavy atom. The van der Waals surface area contributed by atoms with Gasteiger partial charge in [0, 0.05) is 13.1 Å². The van der Waals surface area contributed by atoms with Crippen LogP contribution in [0.25, 0.3) is 0 Å². The maximum atomic E-state index is 5.26. The van der Waals surface area contributed by atoms with Crippen LogP contribution in [0.3, 0.4) is 0 Å². The van der Waals surface area contributed by atoms with E-state index in [4.69, 9.17) is 4.74 Å². The summed E-state index contributed by atoms with van der Waals surface area (Å²) < 4.78 is 5.26. The van der Waals surface area contributed by atoms with Crippen LogP contribution >= 0.6 is 0 Å². The van der Waals surface area contributed by atoms with E-state index in [1.165, 1.54) is 6.42 Å². The molecule has 1 fully saturated rings. The quantitative estimate of drug-likeness (QED) is 0.596. The van der Waals surface area contributed by atoms with Gasteiger partial charge in [-0.1, -0.05) is 19.9 Å². The standard InChI is InChI=1S/C10H19NO/c1-4-10(2,3)5-6-11-7-8-12-9-11/h4H,1,5-9H2,2-3H3. The predicted molar refractivity (Wildman–Crippen MR) is 51.0 cm³/mol. The summed E-state index contributed by atoms with van der Waals surface area (Å²) in [5, 5.41) is 0. The Labute approximate surface area is 75.2 Å². The lowest BCUT2D eigenvalue weighted by Crippen LogP contribution is -2.25.